The minimum Gasteiger partial charge on any atom is -0.466 e. The molecule has 0 bridgehead atoms. The minimum atomic E-state index is -0.402. The molecule has 6 heteroatoms. The highest BCUT2D eigenvalue weighted by molar-refractivity contribution is 7.26. The molecule has 0 spiro atoms. The molecule has 3 aromatic heterocycles. The quantitative estimate of drug-likeness (QED) is 0.161. The number of para-hydroxylation sites is 1. The van der Waals surface area contributed by atoms with Crippen LogP contribution in [0.3, 0.4) is 0 Å². The molecule has 16 rings (SSSR count). The Labute approximate surface area is 471 Å². The summed E-state index contributed by atoms with van der Waals surface area (Å²) in [6, 6.07) is 76.8. The fraction of sp³-hybridized carbons (Fsp3) is 0.162. The smallest absolute Gasteiger partial charge is 0.376 e. The van der Waals surface area contributed by atoms with E-state index in [1.165, 1.54) is 72.0 Å². The Morgan fingerprint density at radius 1 is 0.450 bits per heavy atom. The second-order valence-electron chi connectivity index (χ2n) is 25.1. The van der Waals surface area contributed by atoms with Crippen LogP contribution >= 0.6 is 11.3 Å². The highest BCUT2D eigenvalue weighted by Crippen LogP contribution is 2.56. The van der Waals surface area contributed by atoms with Crippen molar-refractivity contribution < 1.29 is 8.83 Å². The van der Waals surface area contributed by atoms with Gasteiger partial charge in [0.2, 0.25) is 0 Å². The van der Waals surface area contributed by atoms with E-state index >= 15 is 0 Å². The van der Waals surface area contributed by atoms with Crippen LogP contribution in [0.25, 0.3) is 97.6 Å². The monoisotopic (exact) mass is 1050 g/mol. The summed E-state index contributed by atoms with van der Waals surface area (Å²) in [5, 5.41) is 5.86. The van der Waals surface area contributed by atoms with E-state index in [2.05, 4.69) is 264 Å². The van der Waals surface area contributed by atoms with E-state index in [0.29, 0.717) is 0 Å². The fourth-order valence-electron chi connectivity index (χ4n) is 13.8. The van der Waals surface area contributed by atoms with E-state index in [4.69, 9.17) is 8.83 Å². The van der Waals surface area contributed by atoms with E-state index < -0.39 is 6.85 Å². The van der Waals surface area contributed by atoms with Crippen LogP contribution in [-0.2, 0) is 16.2 Å². The number of benzene rings is 10. The summed E-state index contributed by atoms with van der Waals surface area (Å²) < 4.78 is 17.7. The van der Waals surface area contributed by atoms with Gasteiger partial charge in [0.15, 0.2) is 5.58 Å². The molecule has 2 aliphatic heterocycles. The highest BCUT2D eigenvalue weighted by atomic mass is 32.1. The van der Waals surface area contributed by atoms with Gasteiger partial charge in [-0.05, 0) is 157 Å². The van der Waals surface area contributed by atoms with Gasteiger partial charge in [0, 0.05) is 58.8 Å². The Kier molecular flexibility index (Phi) is 10.1. The van der Waals surface area contributed by atoms with Gasteiger partial charge >= 0.3 is 6.85 Å². The van der Waals surface area contributed by atoms with E-state index in [1.54, 1.807) is 0 Å². The highest BCUT2D eigenvalue weighted by Gasteiger charge is 2.51. The van der Waals surface area contributed by atoms with E-state index in [0.717, 1.165) is 94.7 Å². The fourth-order valence-corrected chi connectivity index (χ4v) is 15.0. The molecule has 10 aromatic carbocycles. The number of hydrogen-bond acceptors (Lipinski definition) is 5. The molecular weight excluding hydrogens is 992 g/mol. The Hall–Kier alpha value is -8.58. The lowest BCUT2D eigenvalue weighted by atomic mass is 9.45. The second-order valence-corrected chi connectivity index (χ2v) is 26.1. The van der Waals surface area contributed by atoms with Gasteiger partial charge in [0.25, 0.3) is 0 Å². The van der Waals surface area contributed by atoms with Gasteiger partial charge in [-0.15, -0.1) is 11.3 Å². The molecule has 0 fully saturated rings. The molecular formula is C74H59BN2O2S. The van der Waals surface area contributed by atoms with Crippen molar-refractivity contribution in [2.45, 2.75) is 77.6 Å². The van der Waals surface area contributed by atoms with Crippen molar-refractivity contribution in [1.29, 1.82) is 0 Å². The Balaban J connectivity index is 1.07. The predicted octanol–water partition coefficient (Wildman–Crippen LogP) is 20.1. The number of thiophene rings is 1. The van der Waals surface area contributed by atoms with Crippen LogP contribution in [0.2, 0.25) is 0 Å². The molecule has 0 atom stereocenters. The SMILES string of the molecule is CC(C)(C)c1ccc(N2c3c(oc4ccc(-c5ccccc5)cc34)B3c4c(cc5c(oc6ccccc65)c42)-c2cc4c(cc2N3c2ccc(-c3ccccc3)cc2)sc2cc3c(cc24)C(C)(C)CCC3(C)C)c(-c2ccccc2)c1. The van der Waals surface area contributed by atoms with Crippen LogP contribution in [0.1, 0.15) is 78.0 Å². The molecule has 0 unspecified atom stereocenters. The van der Waals surface area contributed by atoms with Crippen LogP contribution in [0.15, 0.2) is 215 Å². The molecule has 80 heavy (non-hydrogen) atoms. The predicted molar refractivity (Wildman–Crippen MR) is 340 cm³/mol. The van der Waals surface area contributed by atoms with E-state index in [-0.39, 0.29) is 16.2 Å². The summed E-state index contributed by atoms with van der Waals surface area (Å²) in [4.78, 5) is 5.14. The van der Waals surface area contributed by atoms with Crippen molar-refractivity contribution in [2.24, 2.45) is 0 Å². The third-order valence-corrected chi connectivity index (χ3v) is 19.4. The summed E-state index contributed by atoms with van der Waals surface area (Å²) in [6.45, 7) is 16.3. The van der Waals surface area contributed by atoms with Crippen LogP contribution in [0.5, 0.6) is 0 Å². The summed E-state index contributed by atoms with van der Waals surface area (Å²) in [5.74, 6) is 0. The maximum absolute atomic E-state index is 7.66. The Bertz CT molecular complexity index is 4690. The third-order valence-electron chi connectivity index (χ3n) is 18.3. The first-order chi connectivity index (χ1) is 38.8. The first kappa shape index (κ1) is 47.4. The molecule has 4 nitrogen and oxygen atoms in total. The average molecular weight is 1050 g/mol. The normalized spacial score (nSPS) is 15.2. The van der Waals surface area contributed by atoms with Gasteiger partial charge in [0.1, 0.15) is 16.8 Å². The number of hydrogen-bond donors (Lipinski definition) is 0. The molecule has 0 saturated carbocycles. The minimum absolute atomic E-state index is 0.0726. The number of furan rings is 2. The van der Waals surface area contributed by atoms with Gasteiger partial charge in [-0.3, -0.25) is 0 Å². The van der Waals surface area contributed by atoms with E-state index in [9.17, 15) is 0 Å². The molecule has 0 amide bonds. The largest absolute Gasteiger partial charge is 0.466 e. The zero-order valence-corrected chi connectivity index (χ0v) is 47.1. The van der Waals surface area contributed by atoms with Crippen LogP contribution < -0.4 is 20.8 Å². The first-order valence-electron chi connectivity index (χ1n) is 28.4. The molecule has 3 aliphatic rings. The summed E-state index contributed by atoms with van der Waals surface area (Å²) in [6.07, 6.45) is 2.34. The second kappa shape index (κ2) is 17.0. The van der Waals surface area contributed by atoms with Gasteiger partial charge in [0.05, 0.1) is 17.1 Å². The van der Waals surface area contributed by atoms with Crippen molar-refractivity contribution in [2.75, 3.05) is 9.71 Å². The van der Waals surface area contributed by atoms with Crippen molar-refractivity contribution in [3.8, 4) is 44.5 Å². The van der Waals surface area contributed by atoms with Crippen molar-refractivity contribution >= 4 is 111 Å². The van der Waals surface area contributed by atoms with Gasteiger partial charge in [-0.1, -0.05) is 182 Å². The van der Waals surface area contributed by atoms with Crippen LogP contribution in [0, 0.1) is 0 Å². The molecule has 386 valence electrons. The lowest BCUT2D eigenvalue weighted by Crippen LogP contribution is -2.61. The zero-order valence-electron chi connectivity index (χ0n) is 46.2. The van der Waals surface area contributed by atoms with Gasteiger partial charge < -0.3 is 18.5 Å². The van der Waals surface area contributed by atoms with Crippen LogP contribution in [-0.4, -0.2) is 6.85 Å². The molecule has 1 aliphatic carbocycles. The van der Waals surface area contributed by atoms with E-state index in [1.807, 2.05) is 11.3 Å². The maximum Gasteiger partial charge on any atom is 0.376 e. The van der Waals surface area contributed by atoms with Crippen molar-refractivity contribution in [3.05, 3.63) is 223 Å². The van der Waals surface area contributed by atoms with Crippen LogP contribution in [0.4, 0.5) is 28.4 Å². The summed E-state index contributed by atoms with van der Waals surface area (Å²) in [5.41, 5.74) is 23.6. The molecule has 0 N–H and O–H groups in total. The summed E-state index contributed by atoms with van der Waals surface area (Å²) in [7, 11) is 0. The van der Waals surface area contributed by atoms with Crippen molar-refractivity contribution in [1.82, 2.24) is 0 Å². The molecule has 0 radical (unpaired) electrons. The first-order valence-corrected chi connectivity index (χ1v) is 29.2. The topological polar surface area (TPSA) is 32.8 Å². The average Bonchev–Trinajstić information content (AvgIpc) is 2.80. The molecule has 0 saturated heterocycles. The van der Waals surface area contributed by atoms with Gasteiger partial charge in [-0.2, -0.15) is 0 Å². The summed E-state index contributed by atoms with van der Waals surface area (Å²) >= 11 is 1.93. The Morgan fingerprint density at radius 3 is 1.75 bits per heavy atom. The number of anilines is 5. The maximum atomic E-state index is 7.66. The zero-order chi connectivity index (χ0) is 54.0. The Morgan fingerprint density at radius 2 is 1.04 bits per heavy atom. The van der Waals surface area contributed by atoms with Crippen molar-refractivity contribution in [3.63, 3.8) is 0 Å². The molecule has 5 heterocycles. The lowest BCUT2D eigenvalue weighted by molar-refractivity contribution is 0.332. The lowest BCUT2D eigenvalue weighted by Gasteiger charge is -2.44. The standard InChI is InChI=1S/C74H59BN2O2S/c1-72(2,3)49-30-33-61(52(38-49)47-23-15-10-16-24-47)76-68-58-37-48(45-21-13-9-14-22-45)29-34-64(58)79-71(68)75-67-56(40-57-51-25-17-18-26-63(51)78-70(57)69(67)76)53-39-54-55-41-59-60(74(6,7)36-35-73(59,4)5)42-65(55)80-66(54)43-62(53)77(75)50-31-27-46(28-32-50)44-19-11-8-12-20-44/h8-34,37-43H,35-36H2,1-7H3. The van der Waals surface area contributed by atoms with Gasteiger partial charge in [-0.25, -0.2) is 0 Å². The number of fused-ring (bicyclic) bond motifs is 14. The number of rotatable bonds is 5. The number of nitrogens with zero attached hydrogens (tertiary/aromatic N) is 2. The molecule has 13 aromatic rings. The third kappa shape index (κ3) is 7.00.